The lowest BCUT2D eigenvalue weighted by atomic mass is 9.82. The maximum Gasteiger partial charge on any atom is 0.326 e. The Kier molecular flexibility index (Phi) is 12.4. The molecular weight excluding hydrogens is 496 g/mol. The van der Waals surface area contributed by atoms with E-state index in [0.29, 0.717) is 6.54 Å². The zero-order valence-corrected chi connectivity index (χ0v) is 24.4. The lowest BCUT2D eigenvalue weighted by molar-refractivity contribution is -0.153. The number of carboxylic acid groups (broad SMARTS) is 1. The predicted molar refractivity (Wildman–Crippen MR) is 153 cm³/mol. The molecule has 0 radical (unpaired) electrons. The van der Waals surface area contributed by atoms with Crippen molar-refractivity contribution in [1.82, 2.24) is 15.5 Å². The third kappa shape index (κ3) is 9.32. The molecule has 2 rings (SSSR count). The number of rotatable bonds is 12. The van der Waals surface area contributed by atoms with Crippen molar-refractivity contribution in [2.75, 3.05) is 6.54 Å². The van der Waals surface area contributed by atoms with Crippen molar-refractivity contribution in [3.8, 4) is 0 Å². The molecule has 2 aliphatic rings. The number of aliphatic imine (C=N–C) groups is 1. The monoisotopic (exact) mass is 544 g/mol. The van der Waals surface area contributed by atoms with Crippen LogP contribution in [0.15, 0.2) is 29.4 Å². The molecule has 0 aromatic rings. The summed E-state index contributed by atoms with van der Waals surface area (Å²) in [4.78, 5) is 58.4. The molecule has 2 saturated carbocycles. The maximum atomic E-state index is 14.0. The second-order valence-corrected chi connectivity index (χ2v) is 12.0. The van der Waals surface area contributed by atoms with Crippen LogP contribution in [0.25, 0.3) is 0 Å². The first-order valence-electron chi connectivity index (χ1n) is 14.4. The number of carboxylic acids is 1. The Morgan fingerprint density at radius 3 is 2.13 bits per heavy atom. The Morgan fingerprint density at radius 1 is 1.03 bits per heavy atom. The first-order chi connectivity index (χ1) is 18.4. The zero-order valence-electron chi connectivity index (χ0n) is 24.4. The van der Waals surface area contributed by atoms with Gasteiger partial charge >= 0.3 is 5.97 Å². The van der Waals surface area contributed by atoms with Crippen LogP contribution < -0.4 is 10.6 Å². The number of carbonyl (C=O) groups is 4. The van der Waals surface area contributed by atoms with Crippen LogP contribution in [0.5, 0.6) is 0 Å². The fourth-order valence-corrected chi connectivity index (χ4v) is 5.57. The van der Waals surface area contributed by atoms with Gasteiger partial charge in [0, 0.05) is 12.8 Å². The molecule has 9 nitrogen and oxygen atoms in total. The van der Waals surface area contributed by atoms with Crippen molar-refractivity contribution in [1.29, 1.82) is 0 Å². The summed E-state index contributed by atoms with van der Waals surface area (Å²) in [6.45, 7) is 12.7. The van der Waals surface area contributed by atoms with E-state index in [4.69, 9.17) is 0 Å². The van der Waals surface area contributed by atoms with Crippen LogP contribution in [-0.4, -0.2) is 64.6 Å². The summed E-state index contributed by atoms with van der Waals surface area (Å²) >= 11 is 0. The lowest BCUT2D eigenvalue weighted by Gasteiger charge is -2.39. The Labute approximate surface area is 233 Å². The molecule has 0 aliphatic heterocycles. The van der Waals surface area contributed by atoms with Crippen LogP contribution in [-0.2, 0) is 19.2 Å². The molecule has 39 heavy (non-hydrogen) atoms. The normalized spacial score (nSPS) is 19.8. The van der Waals surface area contributed by atoms with E-state index < -0.39 is 47.2 Å². The molecule has 2 fully saturated rings. The van der Waals surface area contributed by atoms with E-state index in [0.717, 1.165) is 57.8 Å². The van der Waals surface area contributed by atoms with Gasteiger partial charge in [0.1, 0.15) is 23.8 Å². The highest BCUT2D eigenvalue weighted by Gasteiger charge is 2.42. The number of amides is 3. The van der Waals surface area contributed by atoms with Crippen molar-refractivity contribution < 1.29 is 24.3 Å². The van der Waals surface area contributed by atoms with Gasteiger partial charge in [-0.15, -0.1) is 0 Å². The van der Waals surface area contributed by atoms with Crippen LogP contribution in [0.4, 0.5) is 0 Å². The molecule has 3 amide bonds. The van der Waals surface area contributed by atoms with Gasteiger partial charge in [-0.05, 0) is 56.8 Å². The van der Waals surface area contributed by atoms with E-state index >= 15 is 0 Å². The van der Waals surface area contributed by atoms with Crippen molar-refractivity contribution in [2.24, 2.45) is 22.2 Å². The zero-order chi connectivity index (χ0) is 29.2. The van der Waals surface area contributed by atoms with Crippen molar-refractivity contribution in [3.63, 3.8) is 0 Å². The third-order valence-corrected chi connectivity index (χ3v) is 7.95. The molecule has 0 spiro atoms. The summed E-state index contributed by atoms with van der Waals surface area (Å²) < 4.78 is 0. The maximum absolute atomic E-state index is 14.0. The quantitative estimate of drug-likeness (QED) is 0.250. The summed E-state index contributed by atoms with van der Waals surface area (Å²) in [6, 6.07) is -2.82. The fraction of sp³-hybridized carbons (Fsp3) is 0.700. The van der Waals surface area contributed by atoms with Crippen molar-refractivity contribution in [3.05, 3.63) is 24.4 Å². The molecule has 3 atom stereocenters. The molecular formula is C30H48N4O5. The second-order valence-electron chi connectivity index (χ2n) is 12.0. The van der Waals surface area contributed by atoms with Crippen LogP contribution in [0, 0.1) is 17.3 Å². The summed E-state index contributed by atoms with van der Waals surface area (Å²) in [7, 11) is 0. The minimum atomic E-state index is -1.08. The predicted octanol–water partition coefficient (Wildman–Crippen LogP) is 4.23. The van der Waals surface area contributed by atoms with Gasteiger partial charge in [0.2, 0.25) is 11.8 Å². The highest BCUT2D eigenvalue weighted by Crippen LogP contribution is 2.30. The van der Waals surface area contributed by atoms with E-state index in [1.807, 2.05) is 20.8 Å². The van der Waals surface area contributed by atoms with E-state index in [1.54, 1.807) is 13.0 Å². The highest BCUT2D eigenvalue weighted by atomic mass is 16.4. The van der Waals surface area contributed by atoms with E-state index in [-0.39, 0.29) is 17.5 Å². The van der Waals surface area contributed by atoms with E-state index in [9.17, 15) is 24.3 Å². The molecule has 1 unspecified atom stereocenters. The summed E-state index contributed by atoms with van der Waals surface area (Å²) in [6.07, 6.45) is 13.1. The Morgan fingerprint density at radius 2 is 1.62 bits per heavy atom. The SMILES string of the molecule is C=CC=N/C(=C\C)C(=O)N[C@H](C(=O)NC(C(=O)N(CC1CCCC1)[C@@H](C)C(=O)O)C(C)(C)C)C1CCCCC1. The molecule has 2 aliphatic carbocycles. The van der Waals surface area contributed by atoms with Gasteiger partial charge < -0.3 is 20.6 Å². The Hall–Kier alpha value is -2.97. The van der Waals surface area contributed by atoms with Crippen molar-refractivity contribution >= 4 is 29.9 Å². The topological polar surface area (TPSA) is 128 Å². The van der Waals surface area contributed by atoms with Crippen LogP contribution in [0.1, 0.15) is 92.4 Å². The van der Waals surface area contributed by atoms with Crippen LogP contribution >= 0.6 is 0 Å². The molecule has 0 bridgehead atoms. The standard InChI is InChI=1S/C30H48N4O5/c1-7-18-31-23(8-2)26(35)32-24(22-16-10-9-11-17-22)27(36)33-25(30(4,5)6)28(37)34(20(3)29(38)39)19-21-14-12-13-15-21/h7-8,18,20-22,24-25H,1,9-17,19H2,2-6H3,(H,32,35)(H,33,36)(H,38,39)/b23-8-,31-18?/t20-,24-,25?/m0/s1. The Balaban J connectivity index is 2.35. The number of carbonyl (C=O) groups excluding carboxylic acids is 3. The number of allylic oxidation sites excluding steroid dienone is 2. The molecule has 3 N–H and O–H groups in total. The van der Waals surface area contributed by atoms with Gasteiger partial charge in [0.15, 0.2) is 0 Å². The fourth-order valence-electron chi connectivity index (χ4n) is 5.57. The average molecular weight is 545 g/mol. The van der Waals surface area contributed by atoms with Gasteiger partial charge in [0.25, 0.3) is 5.91 Å². The smallest absolute Gasteiger partial charge is 0.326 e. The van der Waals surface area contributed by atoms with E-state index in [1.165, 1.54) is 24.1 Å². The lowest BCUT2D eigenvalue weighted by Crippen LogP contribution is -2.62. The number of nitrogens with zero attached hydrogens (tertiary/aromatic N) is 2. The third-order valence-electron chi connectivity index (χ3n) is 7.95. The Bertz CT molecular complexity index is 939. The molecule has 218 valence electrons. The minimum absolute atomic E-state index is 0.0764. The molecule has 9 heteroatoms. The summed E-state index contributed by atoms with van der Waals surface area (Å²) in [5.74, 6) is -2.22. The van der Waals surface area contributed by atoms with Gasteiger partial charge in [-0.3, -0.25) is 19.4 Å². The molecule has 0 saturated heterocycles. The minimum Gasteiger partial charge on any atom is -0.480 e. The first-order valence-corrected chi connectivity index (χ1v) is 14.4. The largest absolute Gasteiger partial charge is 0.480 e. The van der Waals surface area contributed by atoms with Gasteiger partial charge in [0.05, 0.1) is 0 Å². The van der Waals surface area contributed by atoms with E-state index in [2.05, 4.69) is 22.2 Å². The van der Waals surface area contributed by atoms with Crippen LogP contribution in [0.2, 0.25) is 0 Å². The average Bonchev–Trinajstić information content (AvgIpc) is 3.41. The van der Waals surface area contributed by atoms with Gasteiger partial charge in [-0.1, -0.05) is 71.6 Å². The molecule has 0 aromatic heterocycles. The summed E-state index contributed by atoms with van der Waals surface area (Å²) in [5.41, 5.74) is -0.520. The van der Waals surface area contributed by atoms with Gasteiger partial charge in [-0.2, -0.15) is 0 Å². The van der Waals surface area contributed by atoms with Gasteiger partial charge in [-0.25, -0.2) is 4.79 Å². The second kappa shape index (κ2) is 15.0. The number of aliphatic carboxylic acids is 1. The number of nitrogens with one attached hydrogen (secondary N) is 2. The molecule has 0 heterocycles. The highest BCUT2D eigenvalue weighted by molar-refractivity contribution is 5.99. The van der Waals surface area contributed by atoms with Crippen molar-refractivity contribution in [2.45, 2.75) is 111 Å². The number of hydrogen-bond donors (Lipinski definition) is 3. The summed E-state index contributed by atoms with van der Waals surface area (Å²) in [5, 5.41) is 15.6. The first kappa shape index (κ1) is 32.2. The van der Waals surface area contributed by atoms with Crippen LogP contribution in [0.3, 0.4) is 0 Å². The molecule has 0 aromatic carbocycles. The number of hydrogen-bond acceptors (Lipinski definition) is 5.